The molecule has 1 fully saturated rings. The van der Waals surface area contributed by atoms with Crippen molar-refractivity contribution in [2.45, 2.75) is 26.7 Å². The summed E-state index contributed by atoms with van der Waals surface area (Å²) in [5.41, 5.74) is 3.39. The Bertz CT molecular complexity index is 740. The average Bonchev–Trinajstić information content (AvgIpc) is 3.16. The Kier molecular flexibility index (Phi) is 5.71. The number of aryl methyl sites for hydroxylation is 2. The summed E-state index contributed by atoms with van der Waals surface area (Å²) >= 11 is 0. The smallest absolute Gasteiger partial charge is 0.270 e. The molecule has 0 aliphatic carbocycles. The van der Waals surface area contributed by atoms with Crippen LogP contribution in [0.4, 0.5) is 0 Å². The van der Waals surface area contributed by atoms with Gasteiger partial charge in [0.25, 0.3) is 5.91 Å². The Balaban J connectivity index is 1.56. The number of amides is 1. The third-order valence-electron chi connectivity index (χ3n) is 4.92. The number of aromatic nitrogens is 2. The van der Waals surface area contributed by atoms with Crippen LogP contribution in [-0.4, -0.2) is 60.1 Å². The number of carbonyl (C=O) groups excluding carboxylic acids is 1. The van der Waals surface area contributed by atoms with Gasteiger partial charge in [0.15, 0.2) is 0 Å². The number of rotatable bonds is 7. The van der Waals surface area contributed by atoms with E-state index in [1.165, 1.54) is 0 Å². The first-order valence-electron chi connectivity index (χ1n) is 9.03. The maximum Gasteiger partial charge on any atom is 0.270 e. The van der Waals surface area contributed by atoms with Gasteiger partial charge < -0.3 is 15.0 Å². The lowest BCUT2D eigenvalue weighted by Crippen LogP contribution is -2.32. The molecular formula is C19H28N4O2. The van der Waals surface area contributed by atoms with Crippen molar-refractivity contribution in [3.8, 4) is 0 Å². The van der Waals surface area contributed by atoms with Crippen molar-refractivity contribution in [1.82, 2.24) is 19.6 Å². The lowest BCUT2D eigenvalue weighted by molar-refractivity contribution is 0.0940. The molecule has 0 radical (unpaired) electrons. The van der Waals surface area contributed by atoms with E-state index in [0.717, 1.165) is 62.5 Å². The summed E-state index contributed by atoms with van der Waals surface area (Å²) in [6.45, 7) is 8.69. The first-order valence-corrected chi connectivity index (χ1v) is 9.03. The van der Waals surface area contributed by atoms with E-state index in [9.17, 15) is 4.79 Å². The second-order valence-corrected chi connectivity index (χ2v) is 6.99. The molecule has 0 unspecified atom stereocenters. The SMILES string of the molecule is COCCCN1CC[C@H](CNC(=O)c2c(C)nc3cc(C)ccn23)C1. The molecule has 1 atom stereocenters. The van der Waals surface area contributed by atoms with Gasteiger partial charge in [0, 0.05) is 39.5 Å². The highest BCUT2D eigenvalue weighted by molar-refractivity contribution is 5.94. The maximum atomic E-state index is 12.7. The number of imidazole rings is 1. The second-order valence-electron chi connectivity index (χ2n) is 6.99. The number of nitrogens with zero attached hydrogens (tertiary/aromatic N) is 3. The van der Waals surface area contributed by atoms with Gasteiger partial charge in [-0.1, -0.05) is 0 Å². The van der Waals surface area contributed by atoms with Gasteiger partial charge in [-0.05, 0) is 56.8 Å². The zero-order valence-electron chi connectivity index (χ0n) is 15.4. The molecule has 3 heterocycles. The molecule has 3 rings (SSSR count). The molecule has 1 aliphatic rings. The van der Waals surface area contributed by atoms with Crippen LogP contribution >= 0.6 is 0 Å². The van der Waals surface area contributed by atoms with Crippen LogP contribution in [0.25, 0.3) is 5.65 Å². The normalized spacial score (nSPS) is 18.1. The molecule has 25 heavy (non-hydrogen) atoms. The molecule has 0 bridgehead atoms. The third-order valence-corrected chi connectivity index (χ3v) is 4.92. The molecule has 0 aromatic carbocycles. The highest BCUT2D eigenvalue weighted by Gasteiger charge is 2.23. The molecule has 1 saturated heterocycles. The number of carbonyl (C=O) groups is 1. The number of ether oxygens (including phenoxy) is 1. The van der Waals surface area contributed by atoms with Crippen LogP contribution in [0.5, 0.6) is 0 Å². The average molecular weight is 344 g/mol. The number of pyridine rings is 1. The van der Waals surface area contributed by atoms with Crippen LogP contribution in [0.2, 0.25) is 0 Å². The highest BCUT2D eigenvalue weighted by atomic mass is 16.5. The van der Waals surface area contributed by atoms with Crippen molar-refractivity contribution in [3.63, 3.8) is 0 Å². The first kappa shape index (κ1) is 17.9. The molecule has 0 spiro atoms. The van der Waals surface area contributed by atoms with Crippen LogP contribution < -0.4 is 5.32 Å². The van der Waals surface area contributed by atoms with Crippen molar-refractivity contribution in [2.75, 3.05) is 39.9 Å². The fourth-order valence-electron chi connectivity index (χ4n) is 3.57. The lowest BCUT2D eigenvalue weighted by atomic mass is 10.1. The van der Waals surface area contributed by atoms with Crippen molar-refractivity contribution < 1.29 is 9.53 Å². The summed E-state index contributed by atoms with van der Waals surface area (Å²) in [6, 6.07) is 4.00. The lowest BCUT2D eigenvalue weighted by Gasteiger charge is -2.16. The Morgan fingerprint density at radius 3 is 3.08 bits per heavy atom. The van der Waals surface area contributed by atoms with E-state index in [-0.39, 0.29) is 5.91 Å². The van der Waals surface area contributed by atoms with Crippen LogP contribution in [0.1, 0.15) is 34.6 Å². The maximum absolute atomic E-state index is 12.7. The summed E-state index contributed by atoms with van der Waals surface area (Å²) in [7, 11) is 1.74. The molecule has 0 saturated carbocycles. The monoisotopic (exact) mass is 344 g/mol. The first-order chi connectivity index (χ1) is 12.1. The minimum atomic E-state index is -0.0355. The van der Waals surface area contributed by atoms with Gasteiger partial charge in [-0.25, -0.2) is 4.98 Å². The van der Waals surface area contributed by atoms with E-state index in [1.807, 2.05) is 36.6 Å². The predicted octanol–water partition coefficient (Wildman–Crippen LogP) is 2.04. The molecule has 2 aromatic rings. The van der Waals surface area contributed by atoms with Crippen LogP contribution in [0.15, 0.2) is 18.3 Å². The number of hydrogen-bond donors (Lipinski definition) is 1. The number of methoxy groups -OCH3 is 1. The Morgan fingerprint density at radius 1 is 1.44 bits per heavy atom. The highest BCUT2D eigenvalue weighted by Crippen LogP contribution is 2.17. The van der Waals surface area contributed by atoms with Gasteiger partial charge in [-0.15, -0.1) is 0 Å². The predicted molar refractivity (Wildman–Crippen MR) is 98.0 cm³/mol. The largest absolute Gasteiger partial charge is 0.385 e. The Hall–Kier alpha value is -1.92. The van der Waals surface area contributed by atoms with E-state index in [4.69, 9.17) is 4.74 Å². The topological polar surface area (TPSA) is 58.9 Å². The molecular weight excluding hydrogens is 316 g/mol. The minimum Gasteiger partial charge on any atom is -0.385 e. The van der Waals surface area contributed by atoms with E-state index in [0.29, 0.717) is 11.6 Å². The number of nitrogens with one attached hydrogen (secondary N) is 1. The summed E-state index contributed by atoms with van der Waals surface area (Å²) < 4.78 is 6.99. The quantitative estimate of drug-likeness (QED) is 0.781. The molecule has 1 amide bonds. The van der Waals surface area contributed by atoms with Crippen LogP contribution in [0.3, 0.4) is 0 Å². The number of likely N-dealkylation sites (tertiary alicyclic amines) is 1. The van der Waals surface area contributed by atoms with E-state index in [1.54, 1.807) is 7.11 Å². The second kappa shape index (κ2) is 7.97. The van der Waals surface area contributed by atoms with Gasteiger partial charge in [0.2, 0.25) is 0 Å². The van der Waals surface area contributed by atoms with E-state index in [2.05, 4.69) is 15.2 Å². The molecule has 6 heteroatoms. The van der Waals surface area contributed by atoms with Crippen LogP contribution in [0, 0.1) is 19.8 Å². The molecule has 1 aliphatic heterocycles. The summed E-state index contributed by atoms with van der Waals surface area (Å²) in [5.74, 6) is 0.486. The van der Waals surface area contributed by atoms with Gasteiger partial charge >= 0.3 is 0 Å². The van der Waals surface area contributed by atoms with Gasteiger partial charge in [-0.3, -0.25) is 9.20 Å². The van der Waals surface area contributed by atoms with Crippen molar-refractivity contribution in [2.24, 2.45) is 5.92 Å². The minimum absolute atomic E-state index is 0.0355. The zero-order valence-corrected chi connectivity index (χ0v) is 15.4. The van der Waals surface area contributed by atoms with Gasteiger partial charge in [-0.2, -0.15) is 0 Å². The number of hydrogen-bond acceptors (Lipinski definition) is 4. The van der Waals surface area contributed by atoms with E-state index < -0.39 is 0 Å². The standard InChI is InChI=1S/C19H28N4O2/c1-14-5-9-23-17(11-14)21-15(2)18(23)19(24)20-12-16-6-8-22(13-16)7-4-10-25-3/h5,9,11,16H,4,6-8,10,12-13H2,1-3H3,(H,20,24)/t16-/m1/s1. The third kappa shape index (κ3) is 4.19. The Labute approximate surface area is 149 Å². The van der Waals surface area contributed by atoms with Gasteiger partial charge in [0.1, 0.15) is 11.3 Å². The summed E-state index contributed by atoms with van der Waals surface area (Å²) in [4.78, 5) is 19.6. The van der Waals surface area contributed by atoms with Crippen molar-refractivity contribution >= 4 is 11.6 Å². The summed E-state index contributed by atoms with van der Waals surface area (Å²) in [6.07, 6.45) is 4.13. The fourth-order valence-corrected chi connectivity index (χ4v) is 3.57. The van der Waals surface area contributed by atoms with Crippen molar-refractivity contribution in [3.05, 3.63) is 35.3 Å². The van der Waals surface area contributed by atoms with Gasteiger partial charge in [0.05, 0.1) is 5.69 Å². The zero-order chi connectivity index (χ0) is 17.8. The van der Waals surface area contributed by atoms with Crippen LogP contribution in [-0.2, 0) is 4.74 Å². The molecule has 6 nitrogen and oxygen atoms in total. The molecule has 136 valence electrons. The fraction of sp³-hybridized carbons (Fsp3) is 0.579. The number of fused-ring (bicyclic) bond motifs is 1. The molecule has 1 N–H and O–H groups in total. The molecule has 2 aromatic heterocycles. The summed E-state index contributed by atoms with van der Waals surface area (Å²) in [5, 5.41) is 3.11. The Morgan fingerprint density at radius 2 is 2.28 bits per heavy atom. The van der Waals surface area contributed by atoms with E-state index >= 15 is 0 Å². The van der Waals surface area contributed by atoms with Crippen molar-refractivity contribution in [1.29, 1.82) is 0 Å².